The van der Waals surface area contributed by atoms with Gasteiger partial charge in [-0.1, -0.05) is 11.6 Å². The van der Waals surface area contributed by atoms with Crippen molar-refractivity contribution in [1.29, 1.82) is 0 Å². The normalized spacial score (nSPS) is 16.7. The number of hydrogen-bond donors (Lipinski definition) is 0. The number of anilines is 1. The van der Waals surface area contributed by atoms with Crippen LogP contribution < -0.4 is 4.90 Å². The first kappa shape index (κ1) is 10.8. The molecule has 2 aromatic rings. The molecule has 0 atom stereocenters. The van der Waals surface area contributed by atoms with Gasteiger partial charge in [0.1, 0.15) is 5.82 Å². The molecule has 0 aliphatic carbocycles. The van der Waals surface area contributed by atoms with Crippen molar-refractivity contribution in [3.05, 3.63) is 23.1 Å². The minimum atomic E-state index is 0.670. The van der Waals surface area contributed by atoms with Gasteiger partial charge in [0.25, 0.3) is 0 Å². The fourth-order valence-corrected chi connectivity index (χ4v) is 2.28. The monoisotopic (exact) mass is 252 g/mol. The summed E-state index contributed by atoms with van der Waals surface area (Å²) in [5, 5.41) is 4.96. The van der Waals surface area contributed by atoms with Crippen LogP contribution in [0.5, 0.6) is 0 Å². The predicted octanol–water partition coefficient (Wildman–Crippen LogP) is 1.53. The zero-order valence-electron chi connectivity index (χ0n) is 9.56. The van der Waals surface area contributed by atoms with Gasteiger partial charge in [-0.15, -0.1) is 0 Å². The van der Waals surface area contributed by atoms with E-state index in [9.17, 15) is 0 Å². The molecule has 0 bridgehead atoms. The number of fused-ring (bicyclic) bond motifs is 1. The van der Waals surface area contributed by atoms with Gasteiger partial charge in [0, 0.05) is 19.3 Å². The summed E-state index contributed by atoms with van der Waals surface area (Å²) in [6.45, 7) is 5.09. The van der Waals surface area contributed by atoms with Crippen molar-refractivity contribution in [3.63, 3.8) is 0 Å². The maximum atomic E-state index is 6.11. The van der Waals surface area contributed by atoms with E-state index in [-0.39, 0.29) is 0 Å². The summed E-state index contributed by atoms with van der Waals surface area (Å²) in [4.78, 5) is 6.68. The highest BCUT2D eigenvalue weighted by atomic mass is 35.5. The molecule has 1 aliphatic heterocycles. The summed E-state index contributed by atoms with van der Waals surface area (Å²) in [6, 6.07) is 1.94. The van der Waals surface area contributed by atoms with E-state index >= 15 is 0 Å². The van der Waals surface area contributed by atoms with Crippen molar-refractivity contribution < 1.29 is 4.74 Å². The molecule has 17 heavy (non-hydrogen) atoms. The fourth-order valence-electron chi connectivity index (χ4n) is 2.08. The van der Waals surface area contributed by atoms with Crippen LogP contribution in [0.15, 0.2) is 12.3 Å². The van der Waals surface area contributed by atoms with Crippen molar-refractivity contribution in [2.45, 2.75) is 6.92 Å². The summed E-state index contributed by atoms with van der Waals surface area (Å²) >= 11 is 6.11. The van der Waals surface area contributed by atoms with Crippen LogP contribution in [0.4, 0.5) is 5.69 Å². The van der Waals surface area contributed by atoms with Crippen molar-refractivity contribution in [3.8, 4) is 0 Å². The smallest absolute Gasteiger partial charge is 0.179 e. The van der Waals surface area contributed by atoms with Crippen molar-refractivity contribution >= 4 is 22.9 Å². The third-order valence-electron chi connectivity index (χ3n) is 2.84. The molecule has 0 saturated carbocycles. The SMILES string of the molecule is Cc1nc2c(N3CCOCC3)cc(Cl)cn2n1. The molecule has 0 N–H and O–H groups in total. The molecular weight excluding hydrogens is 240 g/mol. The molecule has 1 saturated heterocycles. The second-order valence-corrected chi connectivity index (χ2v) is 4.51. The minimum absolute atomic E-state index is 0.670. The first-order chi connectivity index (χ1) is 8.24. The Hall–Kier alpha value is -1.33. The Labute approximate surface area is 104 Å². The Morgan fingerprint density at radius 3 is 2.88 bits per heavy atom. The molecule has 0 amide bonds. The third kappa shape index (κ3) is 1.96. The van der Waals surface area contributed by atoms with Gasteiger partial charge in [-0.3, -0.25) is 0 Å². The molecule has 90 valence electrons. The second kappa shape index (κ2) is 4.16. The number of nitrogens with zero attached hydrogens (tertiary/aromatic N) is 4. The molecule has 1 fully saturated rings. The molecule has 1 aliphatic rings. The molecule has 3 heterocycles. The van der Waals surface area contributed by atoms with Gasteiger partial charge >= 0.3 is 0 Å². The lowest BCUT2D eigenvalue weighted by molar-refractivity contribution is 0.123. The minimum Gasteiger partial charge on any atom is -0.378 e. The van der Waals surface area contributed by atoms with E-state index in [0.29, 0.717) is 5.02 Å². The fraction of sp³-hybridized carbons (Fsp3) is 0.455. The number of halogens is 1. The average Bonchev–Trinajstić information content (AvgIpc) is 2.69. The number of morpholine rings is 1. The van der Waals surface area contributed by atoms with Gasteiger partial charge in [-0.2, -0.15) is 5.10 Å². The van der Waals surface area contributed by atoms with Crippen LogP contribution in [0.25, 0.3) is 5.65 Å². The summed E-state index contributed by atoms with van der Waals surface area (Å²) in [6.07, 6.45) is 1.78. The lowest BCUT2D eigenvalue weighted by Gasteiger charge is -2.28. The van der Waals surface area contributed by atoms with Crippen LogP contribution in [0.3, 0.4) is 0 Å². The molecule has 5 nitrogen and oxygen atoms in total. The van der Waals surface area contributed by atoms with E-state index < -0.39 is 0 Å². The van der Waals surface area contributed by atoms with Crippen LogP contribution in [0, 0.1) is 6.92 Å². The van der Waals surface area contributed by atoms with Gasteiger partial charge in [0.2, 0.25) is 0 Å². The van der Waals surface area contributed by atoms with Crippen LogP contribution >= 0.6 is 11.6 Å². The highest BCUT2D eigenvalue weighted by Gasteiger charge is 2.16. The van der Waals surface area contributed by atoms with E-state index in [2.05, 4.69) is 15.0 Å². The number of aryl methyl sites for hydroxylation is 1. The highest BCUT2D eigenvalue weighted by Crippen LogP contribution is 2.25. The molecule has 0 spiro atoms. The zero-order chi connectivity index (χ0) is 11.8. The Morgan fingerprint density at radius 2 is 2.12 bits per heavy atom. The second-order valence-electron chi connectivity index (χ2n) is 4.07. The van der Waals surface area contributed by atoms with Crippen molar-refractivity contribution in [1.82, 2.24) is 14.6 Å². The molecular formula is C11H13ClN4O. The quantitative estimate of drug-likeness (QED) is 0.772. The first-order valence-corrected chi connectivity index (χ1v) is 5.97. The summed E-state index contributed by atoms with van der Waals surface area (Å²) < 4.78 is 7.09. The Bertz CT molecular complexity index is 548. The number of hydrogen-bond acceptors (Lipinski definition) is 4. The Balaban J connectivity index is 2.12. The zero-order valence-corrected chi connectivity index (χ0v) is 10.3. The van der Waals surface area contributed by atoms with Gasteiger partial charge < -0.3 is 9.64 Å². The number of aromatic nitrogens is 3. The van der Waals surface area contributed by atoms with E-state index in [1.807, 2.05) is 13.0 Å². The van der Waals surface area contributed by atoms with Crippen molar-refractivity contribution in [2.75, 3.05) is 31.2 Å². The standard InChI is InChI=1S/C11H13ClN4O/c1-8-13-11-10(15-2-4-17-5-3-15)6-9(12)7-16(11)14-8/h6-7H,2-5H2,1H3. The van der Waals surface area contributed by atoms with Gasteiger partial charge in [-0.05, 0) is 13.0 Å². The predicted molar refractivity (Wildman–Crippen MR) is 65.8 cm³/mol. The van der Waals surface area contributed by atoms with Gasteiger partial charge in [-0.25, -0.2) is 9.50 Å². The van der Waals surface area contributed by atoms with E-state index in [1.165, 1.54) is 0 Å². The maximum absolute atomic E-state index is 6.11. The lowest BCUT2D eigenvalue weighted by Crippen LogP contribution is -2.36. The number of pyridine rings is 1. The molecule has 6 heteroatoms. The summed E-state index contributed by atoms with van der Waals surface area (Å²) in [5.41, 5.74) is 1.88. The molecule has 0 radical (unpaired) electrons. The summed E-state index contributed by atoms with van der Waals surface area (Å²) in [5.74, 6) is 0.752. The molecule has 0 unspecified atom stereocenters. The van der Waals surface area contributed by atoms with E-state index in [4.69, 9.17) is 16.3 Å². The number of rotatable bonds is 1. The summed E-state index contributed by atoms with van der Waals surface area (Å²) in [7, 11) is 0. The number of ether oxygens (including phenoxy) is 1. The largest absolute Gasteiger partial charge is 0.378 e. The first-order valence-electron chi connectivity index (χ1n) is 5.59. The Morgan fingerprint density at radius 1 is 1.35 bits per heavy atom. The lowest BCUT2D eigenvalue weighted by atomic mass is 10.3. The molecule has 0 aromatic carbocycles. The third-order valence-corrected chi connectivity index (χ3v) is 3.04. The van der Waals surface area contributed by atoms with Crippen LogP contribution in [-0.2, 0) is 4.74 Å². The van der Waals surface area contributed by atoms with Gasteiger partial charge in [0.05, 0.1) is 23.9 Å². The van der Waals surface area contributed by atoms with Crippen LogP contribution in [0.2, 0.25) is 5.02 Å². The maximum Gasteiger partial charge on any atom is 0.179 e. The average molecular weight is 253 g/mol. The van der Waals surface area contributed by atoms with Gasteiger partial charge in [0.15, 0.2) is 5.65 Å². The topological polar surface area (TPSA) is 42.7 Å². The molecule has 3 rings (SSSR count). The molecule has 2 aromatic heterocycles. The van der Waals surface area contributed by atoms with Crippen LogP contribution in [0.1, 0.15) is 5.82 Å². The van der Waals surface area contributed by atoms with E-state index in [0.717, 1.165) is 43.5 Å². The van der Waals surface area contributed by atoms with E-state index in [1.54, 1.807) is 10.7 Å². The Kier molecular flexibility index (Phi) is 2.64. The van der Waals surface area contributed by atoms with Crippen LogP contribution in [-0.4, -0.2) is 40.9 Å². The highest BCUT2D eigenvalue weighted by molar-refractivity contribution is 6.30. The van der Waals surface area contributed by atoms with Crippen molar-refractivity contribution in [2.24, 2.45) is 0 Å².